The highest BCUT2D eigenvalue weighted by Crippen LogP contribution is 2.46. The van der Waals surface area contributed by atoms with E-state index in [1.165, 1.54) is 0 Å². The van der Waals surface area contributed by atoms with Crippen LogP contribution in [0.5, 0.6) is 0 Å². The highest BCUT2D eigenvalue weighted by Gasteiger charge is 2.67. The predicted molar refractivity (Wildman–Crippen MR) is 395 cm³/mol. The molecule has 0 spiro atoms. The fraction of sp³-hybridized carbons (Fsp3) is 0.871. The quantitative estimate of drug-likeness (QED) is 0.0270. The molecule has 44 atom stereocenters. The molecule has 5 amide bonds. The van der Waals surface area contributed by atoms with Crippen LogP contribution in [0.2, 0.25) is 0 Å². The summed E-state index contributed by atoms with van der Waals surface area (Å²) in [4.78, 5) is 119. The van der Waals surface area contributed by atoms with Crippen molar-refractivity contribution >= 4 is 53.4 Å². The minimum absolute atomic E-state index is 0.735. The lowest BCUT2D eigenvalue weighted by molar-refractivity contribution is -0.405. The van der Waals surface area contributed by atoms with E-state index in [0.29, 0.717) is 0 Å². The summed E-state index contributed by atoms with van der Waals surface area (Å²) in [5.74, 6) is -30.8. The van der Waals surface area contributed by atoms with Gasteiger partial charge in [-0.05, 0) is 0 Å². The van der Waals surface area contributed by atoms with Gasteiger partial charge in [-0.25, -0.2) is 19.2 Å². The number of nitrogens with one attached hydrogen (secondary N) is 5. The minimum atomic E-state index is -3.91. The van der Waals surface area contributed by atoms with Gasteiger partial charge in [0.25, 0.3) is 23.1 Å². The standard InChI is InChI=1S/C70H113N5O56/c1-18(87)71-35-20(89)5-69(65(113)114,128-55(35)44(102)28(11-80)124-67(63(109)110)3-21(90)36(73-32(95)15-84)53(126-67)40(98)24(93)7-76)130-57-43(101)27(10-79)119-61(48(57)106)123-52-39(72-19(2)88)60(118-26(9-78)42(52)100)122-51-31(14-83)120-62(121-50-30(13-82)117-59(108)47(105)46(50)104)49(107)58(51)131-70(66(115)116)6-23(92)38(75-34(97)17-86)56(129-70)45(103)29(12-81)125-68(64(111)112)4-22(91)37(74-33(96)16-85)54(127-68)41(99)25(94)8-77/h20-31,35-62,76-86,89-94,98-108H,3-17H2,1-2H3,(H,71,87)(H,72,88)(H,73,95)(H,74,96)(H,75,97)(H,109,110)(H,111,112)(H,113,114)(H,115,116)/t20-,21-,22-,23-,24+,25+,26+,27+,28+,29+,30+,31+,35+,36+,37+,38+,39+,40+,41+,42-,43-,44+,45+,46+,47+,48+,49+,50+,51-,52+,53+,54+,55+,56+,57-,58+,59+,60-,61-,62-,67+,68+,69-,70-/m0/s1. The SMILES string of the molecule is CC(=O)N[C@H]1[C@H](O[C@@H]2[C@H](O[C@]3(C(=O)O)C[C@H](O)[C@@H](NC(=O)CO)[C@H]([C@H](O)[C@@H](CO)O[C@]4(C(=O)O)C[C@H](O)[C@@H](NC(=O)CO)[C@H]([C@H](O)[C@H](O)CO)O4)O3)[C@@H](O)[C@H](O[C@H]3[C@H](O)[C@@H](O)[C@H](O)O[C@@H]3CO)O[C@@H]2CO)O[C@H](CO)[C@H](O)[C@@H]1O[C@@H]1O[C@H](CO)[C@H](O)[C@H](O[C@]2(C(=O)O)C[C@H](O)[C@@H](NC(C)=O)[C@H]([C@H](O)[C@@H](CO)O[C@]3(C(=O)O)C[C@H](O)[C@@H](NC(=O)CO)[C@H]([C@H](O)[C@H](O)CO)O3)O2)[C@H]1O. The summed E-state index contributed by atoms with van der Waals surface area (Å²) in [5.41, 5.74) is 0. The summed E-state index contributed by atoms with van der Waals surface area (Å²) in [7, 11) is 0. The number of amides is 5. The third kappa shape index (κ3) is 24.0. The molecule has 61 nitrogen and oxygen atoms in total. The molecule has 8 rings (SSSR count). The summed E-state index contributed by atoms with van der Waals surface area (Å²) >= 11 is 0. The average molecular weight is 1920 g/mol. The molecule has 37 N–H and O–H groups in total. The van der Waals surface area contributed by atoms with Crippen LogP contribution in [0.1, 0.15) is 39.5 Å². The van der Waals surface area contributed by atoms with Gasteiger partial charge in [0.05, 0.1) is 101 Å². The van der Waals surface area contributed by atoms with Crippen LogP contribution in [-0.4, -0.2) is 557 Å². The van der Waals surface area contributed by atoms with Gasteiger partial charge < -0.3 is 261 Å². The van der Waals surface area contributed by atoms with Crippen molar-refractivity contribution in [2.45, 2.75) is 307 Å². The van der Waals surface area contributed by atoms with E-state index >= 15 is 0 Å². The lowest BCUT2D eigenvalue weighted by atomic mass is 9.87. The second-order valence-electron chi connectivity index (χ2n) is 31.8. The van der Waals surface area contributed by atoms with E-state index in [1.54, 1.807) is 0 Å². The highest BCUT2D eigenvalue weighted by molar-refractivity contribution is 5.81. The molecule has 0 saturated carbocycles. The third-order valence-corrected chi connectivity index (χ3v) is 22.9. The number of aliphatic carboxylic acids is 4. The lowest BCUT2D eigenvalue weighted by Crippen LogP contribution is -2.73. The van der Waals surface area contributed by atoms with Gasteiger partial charge in [0, 0.05) is 39.5 Å². The Hall–Kier alpha value is -6.49. The smallest absolute Gasteiger partial charge is 0.364 e. The number of hydrogen-bond donors (Lipinski definition) is 37. The Kier molecular flexibility index (Phi) is 39.0. The maximum atomic E-state index is 14.4. The van der Waals surface area contributed by atoms with E-state index < -0.39 is 420 Å². The molecule has 0 bridgehead atoms. The fourth-order valence-corrected chi connectivity index (χ4v) is 16.3. The fourth-order valence-electron chi connectivity index (χ4n) is 16.3. The Morgan fingerprint density at radius 3 is 0.992 bits per heavy atom. The molecular weight excluding hydrogens is 1810 g/mol. The van der Waals surface area contributed by atoms with Crippen molar-refractivity contribution in [2.75, 3.05) is 72.7 Å². The minimum Gasteiger partial charge on any atom is -0.477 e. The molecule has 0 aromatic carbocycles. The number of carbonyl (C=O) groups excluding carboxylic acids is 5. The number of carboxylic acids is 4. The summed E-state index contributed by atoms with van der Waals surface area (Å²) < 4.78 is 87.1. The number of aliphatic hydroxyl groups excluding tert-OH is 28. The van der Waals surface area contributed by atoms with Crippen molar-refractivity contribution in [3.63, 3.8) is 0 Å². The molecule has 754 valence electrons. The molecule has 0 radical (unpaired) electrons. The first-order valence-electron chi connectivity index (χ1n) is 40.2. The second-order valence-corrected chi connectivity index (χ2v) is 31.8. The van der Waals surface area contributed by atoms with Crippen LogP contribution in [0.4, 0.5) is 0 Å². The van der Waals surface area contributed by atoms with Crippen LogP contribution in [-0.2, 0) is 114 Å². The Morgan fingerprint density at radius 1 is 0.328 bits per heavy atom. The third-order valence-electron chi connectivity index (χ3n) is 22.9. The van der Waals surface area contributed by atoms with Crippen LogP contribution < -0.4 is 26.6 Å². The average Bonchev–Trinajstić information content (AvgIpc) is 0.746. The molecular formula is C70H113N5O56. The number of aliphatic hydroxyl groups is 28. The summed E-state index contributed by atoms with van der Waals surface area (Å²) in [6.07, 6.45) is -95.0. The van der Waals surface area contributed by atoms with Crippen molar-refractivity contribution < 1.29 is 278 Å². The monoisotopic (exact) mass is 1920 g/mol. The van der Waals surface area contributed by atoms with E-state index in [1.807, 2.05) is 16.0 Å². The summed E-state index contributed by atoms with van der Waals surface area (Å²) in [6.45, 7) is -14.4. The number of carboxylic acid groups (broad SMARTS) is 4. The van der Waals surface area contributed by atoms with E-state index in [9.17, 15) is 207 Å². The molecule has 0 aliphatic carbocycles. The number of hydrogen-bond acceptors (Lipinski definition) is 52. The Bertz CT molecular complexity index is 3780. The molecule has 0 unspecified atom stereocenters. The van der Waals surface area contributed by atoms with Crippen LogP contribution in [0.25, 0.3) is 0 Å². The van der Waals surface area contributed by atoms with Crippen molar-refractivity contribution in [3.8, 4) is 0 Å². The first kappa shape index (κ1) is 110. The Morgan fingerprint density at radius 2 is 0.634 bits per heavy atom. The number of carbonyl (C=O) groups is 9. The zero-order chi connectivity index (χ0) is 98.0. The Balaban J connectivity index is 1.19. The normalized spacial score (nSPS) is 41.8. The summed E-state index contributed by atoms with van der Waals surface area (Å²) in [5, 5.41) is 364. The first-order chi connectivity index (χ1) is 61.5. The van der Waals surface area contributed by atoms with E-state index in [4.69, 9.17) is 71.1 Å². The molecule has 61 heteroatoms. The van der Waals surface area contributed by atoms with E-state index in [2.05, 4.69) is 10.6 Å². The molecule has 8 heterocycles. The van der Waals surface area contributed by atoms with Gasteiger partial charge in [-0.3, -0.25) is 24.0 Å². The zero-order valence-corrected chi connectivity index (χ0v) is 68.8. The van der Waals surface area contributed by atoms with Gasteiger partial charge in [-0.15, -0.1) is 0 Å². The largest absolute Gasteiger partial charge is 0.477 e. The van der Waals surface area contributed by atoms with Crippen molar-refractivity contribution in [3.05, 3.63) is 0 Å². The summed E-state index contributed by atoms with van der Waals surface area (Å²) in [6, 6.07) is -11.0. The van der Waals surface area contributed by atoms with Crippen molar-refractivity contribution in [1.29, 1.82) is 0 Å². The molecule has 8 aliphatic heterocycles. The maximum absolute atomic E-state index is 14.4. The van der Waals surface area contributed by atoms with E-state index in [0.717, 1.165) is 13.8 Å². The van der Waals surface area contributed by atoms with Gasteiger partial charge in [0.2, 0.25) is 29.5 Å². The van der Waals surface area contributed by atoms with Crippen LogP contribution in [0.3, 0.4) is 0 Å². The lowest BCUT2D eigenvalue weighted by Gasteiger charge is -2.53. The number of ether oxygens (including phenoxy) is 15. The molecule has 8 saturated heterocycles. The molecule has 8 fully saturated rings. The molecule has 0 aromatic heterocycles. The van der Waals surface area contributed by atoms with Gasteiger partial charge in [-0.1, -0.05) is 0 Å². The second kappa shape index (κ2) is 46.6. The number of rotatable bonds is 42. The van der Waals surface area contributed by atoms with Crippen molar-refractivity contribution in [1.82, 2.24) is 26.6 Å². The van der Waals surface area contributed by atoms with Gasteiger partial charge in [0.1, 0.15) is 191 Å². The maximum Gasteiger partial charge on any atom is 0.364 e. The predicted octanol–water partition coefficient (Wildman–Crippen LogP) is -24.0. The van der Waals surface area contributed by atoms with E-state index in [-0.39, 0.29) is 0 Å². The van der Waals surface area contributed by atoms with Gasteiger partial charge in [0.15, 0.2) is 25.2 Å². The molecule has 131 heavy (non-hydrogen) atoms. The Labute approximate surface area is 735 Å². The zero-order valence-electron chi connectivity index (χ0n) is 68.8. The molecule has 0 aromatic rings. The first-order valence-corrected chi connectivity index (χ1v) is 40.2. The molecule has 8 aliphatic rings. The van der Waals surface area contributed by atoms with Gasteiger partial charge >= 0.3 is 23.9 Å². The van der Waals surface area contributed by atoms with Crippen LogP contribution in [0, 0.1) is 0 Å². The van der Waals surface area contributed by atoms with Crippen molar-refractivity contribution in [2.24, 2.45) is 0 Å². The van der Waals surface area contributed by atoms with Crippen LogP contribution >= 0.6 is 0 Å². The van der Waals surface area contributed by atoms with Gasteiger partial charge in [-0.2, -0.15) is 0 Å². The highest BCUT2D eigenvalue weighted by atomic mass is 16.8. The van der Waals surface area contributed by atoms with Crippen LogP contribution in [0.15, 0.2) is 0 Å². The topological polar surface area (TPSA) is 1000 Å².